The summed E-state index contributed by atoms with van der Waals surface area (Å²) in [5, 5.41) is 0. The minimum absolute atomic E-state index is 0.0837. The molecule has 23 heavy (non-hydrogen) atoms. The molecule has 3 heteroatoms. The van der Waals surface area contributed by atoms with Crippen LogP contribution in [0, 0.1) is 23.2 Å². The van der Waals surface area contributed by atoms with Crippen molar-refractivity contribution in [1.82, 2.24) is 0 Å². The highest BCUT2D eigenvalue weighted by molar-refractivity contribution is 5.66. The van der Waals surface area contributed by atoms with Crippen LogP contribution in [0.1, 0.15) is 39.4 Å². The van der Waals surface area contributed by atoms with Crippen LogP contribution in [0.2, 0.25) is 0 Å². The maximum Gasteiger partial charge on any atom is 0.302 e. The molecular weight excluding hydrogens is 288 g/mol. The molecule has 0 spiro atoms. The lowest BCUT2D eigenvalue weighted by atomic mass is 9.56. The molecule has 1 heterocycles. The fraction of sp³-hybridized carbons (Fsp3) is 0.550. The van der Waals surface area contributed by atoms with Gasteiger partial charge in [0.1, 0.15) is 0 Å². The van der Waals surface area contributed by atoms with Crippen molar-refractivity contribution in [2.45, 2.75) is 33.8 Å². The topological polar surface area (TPSA) is 35.5 Å². The molecular formula is C20H26O3. The Morgan fingerprint density at radius 1 is 1.30 bits per heavy atom. The van der Waals surface area contributed by atoms with E-state index in [1.54, 1.807) is 0 Å². The summed E-state index contributed by atoms with van der Waals surface area (Å²) in [6, 6.07) is 10.4. The van der Waals surface area contributed by atoms with Crippen molar-refractivity contribution in [3.05, 3.63) is 47.5 Å². The summed E-state index contributed by atoms with van der Waals surface area (Å²) in [6.45, 7) is 9.25. The Morgan fingerprint density at radius 3 is 2.65 bits per heavy atom. The predicted molar refractivity (Wildman–Crippen MR) is 89.8 cm³/mol. The molecule has 1 aliphatic carbocycles. The summed E-state index contributed by atoms with van der Waals surface area (Å²) in [5.41, 5.74) is 2.49. The van der Waals surface area contributed by atoms with Gasteiger partial charge in [0.25, 0.3) is 0 Å². The molecule has 0 aromatic heterocycles. The highest BCUT2D eigenvalue weighted by Gasteiger charge is 2.54. The average molecular weight is 314 g/mol. The first kappa shape index (κ1) is 16.3. The van der Waals surface area contributed by atoms with Crippen LogP contribution < -0.4 is 0 Å². The number of allylic oxidation sites excluding steroid dienone is 1. The van der Waals surface area contributed by atoms with Crippen LogP contribution in [0.3, 0.4) is 0 Å². The lowest BCUT2D eigenvalue weighted by Gasteiger charge is -2.55. The minimum Gasteiger partial charge on any atom is -0.465 e. The zero-order chi connectivity index (χ0) is 16.6. The van der Waals surface area contributed by atoms with E-state index >= 15 is 0 Å². The average Bonchev–Trinajstić information content (AvgIpc) is 2.52. The fourth-order valence-electron chi connectivity index (χ4n) is 4.44. The normalized spacial score (nSPS) is 36.3. The lowest BCUT2D eigenvalue weighted by molar-refractivity contribution is -0.180. The minimum atomic E-state index is -0.216. The zero-order valence-corrected chi connectivity index (χ0v) is 14.4. The summed E-state index contributed by atoms with van der Waals surface area (Å²) in [7, 11) is 0. The number of esters is 1. The first-order valence-electron chi connectivity index (χ1n) is 8.44. The van der Waals surface area contributed by atoms with Crippen LogP contribution in [0.25, 0.3) is 0 Å². The van der Waals surface area contributed by atoms with Gasteiger partial charge in [0.2, 0.25) is 0 Å². The van der Waals surface area contributed by atoms with Gasteiger partial charge >= 0.3 is 5.97 Å². The van der Waals surface area contributed by atoms with Gasteiger partial charge < -0.3 is 9.47 Å². The largest absolute Gasteiger partial charge is 0.465 e. The lowest BCUT2D eigenvalue weighted by Crippen LogP contribution is -2.54. The second-order valence-electron chi connectivity index (χ2n) is 7.17. The van der Waals surface area contributed by atoms with E-state index < -0.39 is 0 Å². The Labute approximate surface area is 138 Å². The third kappa shape index (κ3) is 2.72. The molecule has 2 aliphatic rings. The first-order chi connectivity index (χ1) is 11.0. The summed E-state index contributed by atoms with van der Waals surface area (Å²) in [4.78, 5) is 11.3. The third-order valence-corrected chi connectivity index (χ3v) is 5.92. The Hall–Kier alpha value is -1.61. The van der Waals surface area contributed by atoms with Gasteiger partial charge in [-0.05, 0) is 24.3 Å². The molecule has 1 aromatic carbocycles. The van der Waals surface area contributed by atoms with Gasteiger partial charge in [-0.3, -0.25) is 4.79 Å². The molecule has 3 nitrogen and oxygen atoms in total. The summed E-state index contributed by atoms with van der Waals surface area (Å²) < 4.78 is 11.8. The number of ether oxygens (including phenoxy) is 2. The Balaban J connectivity index is 1.95. The van der Waals surface area contributed by atoms with Gasteiger partial charge in [-0.15, -0.1) is 0 Å². The first-order valence-corrected chi connectivity index (χ1v) is 8.44. The Morgan fingerprint density at radius 2 is 2.00 bits per heavy atom. The van der Waals surface area contributed by atoms with Crippen LogP contribution in [0.4, 0.5) is 0 Å². The number of hydrogen-bond donors (Lipinski definition) is 0. The van der Waals surface area contributed by atoms with E-state index in [2.05, 4.69) is 51.1 Å². The quantitative estimate of drug-likeness (QED) is 0.621. The van der Waals surface area contributed by atoms with Crippen molar-refractivity contribution in [3.8, 4) is 0 Å². The summed E-state index contributed by atoms with van der Waals surface area (Å²) in [6.07, 6.45) is 2.44. The van der Waals surface area contributed by atoms with E-state index in [1.807, 2.05) is 6.07 Å². The molecule has 2 bridgehead atoms. The van der Waals surface area contributed by atoms with Crippen LogP contribution >= 0.6 is 0 Å². The predicted octanol–water partition coefficient (Wildman–Crippen LogP) is 4.16. The van der Waals surface area contributed by atoms with E-state index in [9.17, 15) is 4.79 Å². The number of carbonyl (C=O) groups is 1. The van der Waals surface area contributed by atoms with Gasteiger partial charge in [0.15, 0.2) is 0 Å². The van der Waals surface area contributed by atoms with Crippen molar-refractivity contribution in [3.63, 3.8) is 0 Å². The van der Waals surface area contributed by atoms with Gasteiger partial charge in [-0.25, -0.2) is 0 Å². The molecule has 0 N–H and O–H groups in total. The number of rotatable bonds is 3. The maximum absolute atomic E-state index is 11.3. The van der Waals surface area contributed by atoms with Crippen LogP contribution in [-0.4, -0.2) is 19.2 Å². The number of carbonyl (C=O) groups excluding carboxylic acids is 1. The molecule has 3 rings (SSSR count). The zero-order valence-electron chi connectivity index (χ0n) is 14.4. The fourth-order valence-corrected chi connectivity index (χ4v) is 4.44. The summed E-state index contributed by atoms with van der Waals surface area (Å²) in [5.74, 6) is 0.857. The van der Waals surface area contributed by atoms with Gasteiger partial charge in [0, 0.05) is 18.3 Å². The SMILES string of the molecule is CC(=O)OC[C@@]12CO[C@H](c3ccccc3)[C@H](C(C)=C[C@H]1C)[C@@H]2C. The van der Waals surface area contributed by atoms with Crippen molar-refractivity contribution >= 4 is 5.97 Å². The molecule has 1 aromatic rings. The third-order valence-electron chi connectivity index (χ3n) is 5.92. The second kappa shape index (κ2) is 6.12. The van der Waals surface area contributed by atoms with Gasteiger partial charge in [-0.2, -0.15) is 0 Å². The molecule has 124 valence electrons. The molecule has 1 aliphatic heterocycles. The van der Waals surface area contributed by atoms with Gasteiger partial charge in [-0.1, -0.05) is 55.8 Å². The highest BCUT2D eigenvalue weighted by Crippen LogP contribution is 2.56. The summed E-state index contributed by atoms with van der Waals surface area (Å²) >= 11 is 0. The van der Waals surface area contributed by atoms with Crippen molar-refractivity contribution in [1.29, 1.82) is 0 Å². The van der Waals surface area contributed by atoms with E-state index in [0.717, 1.165) is 0 Å². The monoisotopic (exact) mass is 314 g/mol. The molecule has 0 unspecified atom stereocenters. The number of hydrogen-bond acceptors (Lipinski definition) is 3. The van der Waals surface area contributed by atoms with E-state index in [1.165, 1.54) is 18.1 Å². The van der Waals surface area contributed by atoms with E-state index in [0.29, 0.717) is 31.0 Å². The smallest absolute Gasteiger partial charge is 0.302 e. The standard InChI is InChI=1S/C20H26O3/c1-13-10-14(2)20(11-22-16(4)21)12-23-19(18(13)15(20)3)17-8-6-5-7-9-17/h5-10,14-15,18-19H,11-12H2,1-4H3/t14-,15+,18-,19-,20-/m1/s1. The number of fused-ring (bicyclic) bond motifs is 2. The van der Waals surface area contributed by atoms with Crippen LogP contribution in [0.5, 0.6) is 0 Å². The van der Waals surface area contributed by atoms with E-state index in [-0.39, 0.29) is 17.5 Å². The van der Waals surface area contributed by atoms with Crippen LogP contribution in [0.15, 0.2) is 42.0 Å². The molecule has 0 saturated carbocycles. The van der Waals surface area contributed by atoms with Crippen LogP contribution in [-0.2, 0) is 14.3 Å². The molecule has 1 saturated heterocycles. The van der Waals surface area contributed by atoms with Crippen molar-refractivity contribution < 1.29 is 14.3 Å². The number of benzene rings is 1. The van der Waals surface area contributed by atoms with Crippen molar-refractivity contribution in [2.75, 3.05) is 13.2 Å². The van der Waals surface area contributed by atoms with E-state index in [4.69, 9.17) is 9.47 Å². The molecule has 0 amide bonds. The Bertz CT molecular complexity index is 607. The highest BCUT2D eigenvalue weighted by atomic mass is 16.5. The molecule has 5 atom stereocenters. The van der Waals surface area contributed by atoms with Gasteiger partial charge in [0.05, 0.1) is 19.3 Å². The molecule has 0 radical (unpaired) electrons. The molecule has 1 fully saturated rings. The second-order valence-corrected chi connectivity index (χ2v) is 7.17. The maximum atomic E-state index is 11.3. The Kier molecular flexibility index (Phi) is 4.33. The van der Waals surface area contributed by atoms with Crippen molar-refractivity contribution in [2.24, 2.45) is 23.2 Å².